The summed E-state index contributed by atoms with van der Waals surface area (Å²) in [6.45, 7) is 1.87. The summed E-state index contributed by atoms with van der Waals surface area (Å²) in [4.78, 5) is 26.4. The number of likely N-dealkylation sites (tertiary alicyclic amines) is 1. The number of ketones is 1. The molecule has 1 aromatic carbocycles. The highest BCUT2D eigenvalue weighted by molar-refractivity contribution is 6.00. The predicted molar refractivity (Wildman–Crippen MR) is 78.4 cm³/mol. The van der Waals surface area contributed by atoms with Gasteiger partial charge in [-0.05, 0) is 31.5 Å². The summed E-state index contributed by atoms with van der Waals surface area (Å²) < 4.78 is 5.25. The fourth-order valence-corrected chi connectivity index (χ4v) is 3.38. The Labute approximate surface area is 124 Å². The normalized spacial score (nSPS) is 25.3. The van der Waals surface area contributed by atoms with E-state index >= 15 is 0 Å². The summed E-state index contributed by atoms with van der Waals surface area (Å²) in [6, 6.07) is 7.44. The molecule has 2 fully saturated rings. The van der Waals surface area contributed by atoms with Crippen molar-refractivity contribution in [2.24, 2.45) is 5.92 Å². The first-order valence-electron chi connectivity index (χ1n) is 7.38. The highest BCUT2D eigenvalue weighted by Crippen LogP contribution is 2.28. The predicted octanol–water partition coefficient (Wildman–Crippen LogP) is 1.09. The molecule has 2 aliphatic rings. The quantitative estimate of drug-likeness (QED) is 0.843. The first-order valence-corrected chi connectivity index (χ1v) is 7.38. The van der Waals surface area contributed by atoms with Gasteiger partial charge in [0.25, 0.3) is 0 Å². The van der Waals surface area contributed by atoms with Crippen molar-refractivity contribution in [2.75, 3.05) is 26.7 Å². The molecule has 2 unspecified atom stereocenters. The van der Waals surface area contributed by atoms with Crippen molar-refractivity contribution < 1.29 is 14.3 Å². The molecule has 2 atom stereocenters. The molecular weight excluding hydrogens is 268 g/mol. The van der Waals surface area contributed by atoms with E-state index in [-0.39, 0.29) is 23.7 Å². The molecule has 5 nitrogen and oxygen atoms in total. The van der Waals surface area contributed by atoms with Gasteiger partial charge >= 0.3 is 0 Å². The van der Waals surface area contributed by atoms with Crippen LogP contribution in [0.5, 0.6) is 5.75 Å². The number of methoxy groups -OCH3 is 1. The Morgan fingerprint density at radius 3 is 3.05 bits per heavy atom. The van der Waals surface area contributed by atoms with E-state index in [4.69, 9.17) is 4.74 Å². The summed E-state index contributed by atoms with van der Waals surface area (Å²) in [7, 11) is 1.57. The smallest absolute Gasteiger partial charge is 0.224 e. The zero-order valence-corrected chi connectivity index (χ0v) is 12.2. The number of carbonyl (C=O) groups is 2. The second kappa shape index (κ2) is 5.85. The fraction of sp³-hybridized carbons (Fsp3) is 0.500. The van der Waals surface area contributed by atoms with Crippen molar-refractivity contribution >= 4 is 11.7 Å². The van der Waals surface area contributed by atoms with Gasteiger partial charge in [0.1, 0.15) is 5.75 Å². The summed E-state index contributed by atoms with van der Waals surface area (Å²) in [5, 5.41) is 2.91. The molecule has 2 aliphatic heterocycles. The van der Waals surface area contributed by atoms with Gasteiger partial charge < -0.3 is 10.1 Å². The highest BCUT2D eigenvalue weighted by atomic mass is 16.5. The fourth-order valence-electron chi connectivity index (χ4n) is 3.38. The van der Waals surface area contributed by atoms with Crippen LogP contribution in [-0.4, -0.2) is 49.4 Å². The molecule has 112 valence electrons. The van der Waals surface area contributed by atoms with Gasteiger partial charge in [-0.1, -0.05) is 12.1 Å². The zero-order valence-electron chi connectivity index (χ0n) is 12.2. The van der Waals surface area contributed by atoms with Crippen LogP contribution in [0.25, 0.3) is 0 Å². The minimum absolute atomic E-state index is 0.0456. The van der Waals surface area contributed by atoms with Crippen molar-refractivity contribution in [2.45, 2.75) is 18.9 Å². The molecule has 2 saturated heterocycles. The zero-order chi connectivity index (χ0) is 14.8. The van der Waals surface area contributed by atoms with Crippen LogP contribution in [0.15, 0.2) is 24.3 Å². The van der Waals surface area contributed by atoms with Crippen LogP contribution < -0.4 is 10.1 Å². The number of nitrogens with one attached hydrogen (secondary N) is 1. The summed E-state index contributed by atoms with van der Waals surface area (Å²) >= 11 is 0. The van der Waals surface area contributed by atoms with Gasteiger partial charge in [-0.2, -0.15) is 0 Å². The van der Waals surface area contributed by atoms with Crippen LogP contribution in [0.2, 0.25) is 0 Å². The minimum Gasteiger partial charge on any atom is -0.496 e. The number of benzene rings is 1. The number of Topliss-reactive ketones (excluding diaryl/α,β-unsaturated/α-hetero) is 1. The number of piperidine rings is 1. The molecular formula is C16H20N2O3. The van der Waals surface area contributed by atoms with Gasteiger partial charge in [0.05, 0.1) is 25.1 Å². The standard InChI is InChI=1S/C16H20N2O3/c1-21-15-7-3-2-5-12(15)14(19)10-18-8-4-6-11-13(18)9-17-16(11)20/h2-3,5,7,11,13H,4,6,8-10H2,1H3,(H,17,20). The number of ether oxygens (including phenoxy) is 1. The minimum atomic E-state index is 0.0456. The number of para-hydroxylation sites is 1. The van der Waals surface area contributed by atoms with Gasteiger partial charge in [0.2, 0.25) is 5.91 Å². The molecule has 1 N–H and O–H groups in total. The summed E-state index contributed by atoms with van der Waals surface area (Å²) in [5.41, 5.74) is 0.611. The molecule has 0 radical (unpaired) electrons. The largest absolute Gasteiger partial charge is 0.496 e. The molecule has 1 aromatic rings. The average molecular weight is 288 g/mol. The lowest BCUT2D eigenvalue weighted by Gasteiger charge is -2.35. The number of hydrogen-bond acceptors (Lipinski definition) is 4. The molecule has 21 heavy (non-hydrogen) atoms. The Hall–Kier alpha value is -1.88. The third-order valence-electron chi connectivity index (χ3n) is 4.47. The third kappa shape index (κ3) is 2.65. The van der Waals surface area contributed by atoms with Gasteiger partial charge in [-0.3, -0.25) is 14.5 Å². The van der Waals surface area contributed by atoms with Crippen LogP contribution >= 0.6 is 0 Å². The lowest BCUT2D eigenvalue weighted by molar-refractivity contribution is -0.124. The second-order valence-corrected chi connectivity index (χ2v) is 5.66. The maximum absolute atomic E-state index is 12.5. The number of fused-ring (bicyclic) bond motifs is 1. The van der Waals surface area contributed by atoms with Crippen molar-refractivity contribution in [1.29, 1.82) is 0 Å². The van der Waals surface area contributed by atoms with Gasteiger partial charge in [-0.25, -0.2) is 0 Å². The Morgan fingerprint density at radius 1 is 1.43 bits per heavy atom. The van der Waals surface area contributed by atoms with E-state index in [1.54, 1.807) is 19.2 Å². The molecule has 3 rings (SSSR count). The van der Waals surface area contributed by atoms with E-state index in [1.165, 1.54) is 0 Å². The molecule has 5 heteroatoms. The molecule has 0 bridgehead atoms. The number of rotatable bonds is 4. The van der Waals surface area contributed by atoms with Crippen molar-refractivity contribution in [3.05, 3.63) is 29.8 Å². The van der Waals surface area contributed by atoms with Crippen LogP contribution in [0, 0.1) is 5.92 Å². The van der Waals surface area contributed by atoms with Gasteiger partial charge in [-0.15, -0.1) is 0 Å². The molecule has 1 amide bonds. The van der Waals surface area contributed by atoms with E-state index in [2.05, 4.69) is 10.2 Å². The lowest BCUT2D eigenvalue weighted by atomic mass is 9.91. The molecule has 0 spiro atoms. The van der Waals surface area contributed by atoms with Crippen LogP contribution in [0.4, 0.5) is 0 Å². The van der Waals surface area contributed by atoms with E-state index in [1.807, 2.05) is 12.1 Å². The van der Waals surface area contributed by atoms with E-state index in [9.17, 15) is 9.59 Å². The van der Waals surface area contributed by atoms with Crippen LogP contribution in [0.3, 0.4) is 0 Å². The van der Waals surface area contributed by atoms with Gasteiger partial charge in [0, 0.05) is 12.6 Å². The maximum atomic E-state index is 12.5. The SMILES string of the molecule is COc1ccccc1C(=O)CN1CCCC2C(=O)NCC21. The van der Waals surface area contributed by atoms with E-state index in [0.717, 1.165) is 19.4 Å². The Kier molecular flexibility index (Phi) is 3.92. The first-order chi connectivity index (χ1) is 10.2. The Morgan fingerprint density at radius 2 is 2.24 bits per heavy atom. The number of amides is 1. The Balaban J connectivity index is 1.74. The maximum Gasteiger partial charge on any atom is 0.224 e. The molecule has 2 heterocycles. The third-order valence-corrected chi connectivity index (χ3v) is 4.47. The monoisotopic (exact) mass is 288 g/mol. The number of carbonyl (C=O) groups excluding carboxylic acids is 2. The van der Waals surface area contributed by atoms with E-state index < -0.39 is 0 Å². The van der Waals surface area contributed by atoms with Crippen LogP contribution in [0.1, 0.15) is 23.2 Å². The molecule has 0 aliphatic carbocycles. The lowest BCUT2D eigenvalue weighted by Crippen LogP contribution is -2.47. The highest BCUT2D eigenvalue weighted by Gasteiger charge is 2.41. The van der Waals surface area contributed by atoms with E-state index in [0.29, 0.717) is 24.4 Å². The van der Waals surface area contributed by atoms with Gasteiger partial charge in [0.15, 0.2) is 5.78 Å². The second-order valence-electron chi connectivity index (χ2n) is 5.66. The Bertz CT molecular complexity index is 558. The molecule has 0 saturated carbocycles. The van der Waals surface area contributed by atoms with Crippen LogP contribution in [-0.2, 0) is 4.79 Å². The molecule has 0 aromatic heterocycles. The summed E-state index contributed by atoms with van der Waals surface area (Å²) in [6.07, 6.45) is 1.89. The van der Waals surface area contributed by atoms with Crippen molar-refractivity contribution in [1.82, 2.24) is 10.2 Å². The number of hydrogen-bond donors (Lipinski definition) is 1. The first kappa shape index (κ1) is 14.1. The average Bonchev–Trinajstić information content (AvgIpc) is 2.90. The summed E-state index contributed by atoms with van der Waals surface area (Å²) in [5.74, 6) is 0.836. The topological polar surface area (TPSA) is 58.6 Å². The number of nitrogens with zero attached hydrogens (tertiary/aromatic N) is 1. The van der Waals surface area contributed by atoms with Crippen molar-refractivity contribution in [3.8, 4) is 5.75 Å². The van der Waals surface area contributed by atoms with Crippen molar-refractivity contribution in [3.63, 3.8) is 0 Å².